The summed E-state index contributed by atoms with van der Waals surface area (Å²) in [6, 6.07) is 0. The van der Waals surface area contributed by atoms with Gasteiger partial charge in [-0.3, -0.25) is 0 Å². The zero-order valence-corrected chi connectivity index (χ0v) is 33.3. The van der Waals surface area contributed by atoms with Crippen molar-refractivity contribution in [2.24, 2.45) is 45.3 Å². The van der Waals surface area contributed by atoms with Crippen LogP contribution in [0.1, 0.15) is 132 Å². The van der Waals surface area contributed by atoms with Gasteiger partial charge in [-0.15, -0.1) is 0 Å². The van der Waals surface area contributed by atoms with Crippen LogP contribution in [0, 0.1) is 45.3 Å². The smallest absolute Gasteiger partial charge is 0.161 e. The third-order valence-electron chi connectivity index (χ3n) is 16.0. The van der Waals surface area contributed by atoms with Gasteiger partial charge in [0.05, 0.1) is 61.5 Å². The number of aliphatic hydroxyl groups excluding tert-OH is 5. The number of ether oxygens (including phenoxy) is 4. The Kier molecular flexibility index (Phi) is 11.8. The van der Waals surface area contributed by atoms with E-state index in [0.717, 1.165) is 44.9 Å². The second-order valence-electron chi connectivity index (χ2n) is 19.9. The normalized spacial score (nSPS) is 47.5. The van der Waals surface area contributed by atoms with Crippen LogP contribution in [0.3, 0.4) is 0 Å². The van der Waals surface area contributed by atoms with Crippen molar-refractivity contribution < 1.29 is 49.6 Å². The van der Waals surface area contributed by atoms with Gasteiger partial charge in [-0.1, -0.05) is 53.2 Å². The van der Waals surface area contributed by atoms with Crippen LogP contribution in [-0.2, 0) is 18.9 Å². The molecule has 0 aromatic heterocycles. The summed E-state index contributed by atoms with van der Waals surface area (Å²) in [5, 5.41) is 64.9. The predicted octanol–water partition coefficient (Wildman–Crippen LogP) is 5.24. The number of allylic oxidation sites excluding steroid dienone is 1. The van der Waals surface area contributed by atoms with Crippen molar-refractivity contribution in [3.63, 3.8) is 0 Å². The van der Waals surface area contributed by atoms with E-state index in [9.17, 15) is 30.6 Å². The molecule has 5 fully saturated rings. The minimum absolute atomic E-state index is 0.0325. The molecule has 300 valence electrons. The Labute approximate surface area is 312 Å². The summed E-state index contributed by atoms with van der Waals surface area (Å²) < 4.78 is 24.4. The molecule has 0 radical (unpaired) electrons. The lowest BCUT2D eigenvalue weighted by Crippen LogP contribution is -2.64. The van der Waals surface area contributed by atoms with E-state index in [2.05, 4.69) is 47.6 Å². The molecular weight excluding hydrogens is 664 g/mol. The first-order valence-electron chi connectivity index (χ1n) is 20.6. The number of hydrogen-bond acceptors (Lipinski definition) is 10. The average Bonchev–Trinajstić information content (AvgIpc) is 3.33. The fourth-order valence-corrected chi connectivity index (χ4v) is 12.6. The highest BCUT2D eigenvalue weighted by Crippen LogP contribution is 2.75. The Balaban J connectivity index is 1.10. The summed E-state index contributed by atoms with van der Waals surface area (Å²) >= 11 is 0. The first-order chi connectivity index (χ1) is 24.2. The third kappa shape index (κ3) is 7.34. The fourth-order valence-electron chi connectivity index (χ4n) is 12.6. The molecule has 0 aromatic rings. The van der Waals surface area contributed by atoms with Crippen molar-refractivity contribution in [3.05, 3.63) is 11.6 Å². The minimum Gasteiger partial charge on any atom is -0.394 e. The third-order valence-corrected chi connectivity index (χ3v) is 16.0. The molecule has 1 unspecified atom stereocenters. The van der Waals surface area contributed by atoms with Gasteiger partial charge in [-0.05, 0) is 99.7 Å². The number of rotatable bonds is 11. The first-order valence-corrected chi connectivity index (χ1v) is 20.6. The Hall–Kier alpha value is -0.660. The molecule has 3 saturated carbocycles. The summed E-state index contributed by atoms with van der Waals surface area (Å²) in [4.78, 5) is 0. The highest BCUT2D eigenvalue weighted by molar-refractivity contribution is 5.31. The van der Waals surface area contributed by atoms with Crippen LogP contribution in [-0.4, -0.2) is 105 Å². The van der Waals surface area contributed by atoms with Gasteiger partial charge in [0.25, 0.3) is 0 Å². The van der Waals surface area contributed by atoms with Gasteiger partial charge >= 0.3 is 0 Å². The van der Waals surface area contributed by atoms with E-state index in [4.69, 9.17) is 18.9 Å². The second-order valence-corrected chi connectivity index (χ2v) is 19.9. The Morgan fingerprint density at radius 2 is 1.50 bits per heavy atom. The summed E-state index contributed by atoms with van der Waals surface area (Å²) in [5.74, 6) is 1.44. The first kappa shape index (κ1) is 41.0. The Morgan fingerprint density at radius 1 is 0.846 bits per heavy atom. The molecule has 2 heterocycles. The van der Waals surface area contributed by atoms with Gasteiger partial charge in [-0.25, -0.2) is 0 Å². The van der Waals surface area contributed by atoms with Crippen LogP contribution in [0.25, 0.3) is 0 Å². The van der Waals surface area contributed by atoms with E-state index >= 15 is 0 Å². The van der Waals surface area contributed by atoms with Crippen molar-refractivity contribution in [1.82, 2.24) is 0 Å². The quantitative estimate of drug-likeness (QED) is 0.155. The minimum atomic E-state index is -1.13. The van der Waals surface area contributed by atoms with Crippen molar-refractivity contribution in [1.29, 1.82) is 0 Å². The fraction of sp³-hybridized carbons (Fsp3) is 0.952. The highest BCUT2D eigenvalue weighted by Gasteiger charge is 2.70. The zero-order valence-electron chi connectivity index (χ0n) is 33.3. The van der Waals surface area contributed by atoms with Crippen LogP contribution < -0.4 is 0 Å². The van der Waals surface area contributed by atoms with E-state index in [1.807, 2.05) is 0 Å². The molecule has 6 aliphatic rings. The largest absolute Gasteiger partial charge is 0.394 e. The van der Waals surface area contributed by atoms with E-state index in [-0.39, 0.29) is 41.0 Å². The summed E-state index contributed by atoms with van der Waals surface area (Å²) in [6.07, 6.45) is 6.22. The van der Waals surface area contributed by atoms with Gasteiger partial charge in [0.1, 0.15) is 0 Å². The summed E-state index contributed by atoms with van der Waals surface area (Å²) in [6.45, 7) is 17.5. The van der Waals surface area contributed by atoms with Crippen molar-refractivity contribution in [3.8, 4) is 0 Å². The van der Waals surface area contributed by atoms with E-state index in [0.29, 0.717) is 55.8 Å². The molecule has 0 bridgehead atoms. The van der Waals surface area contributed by atoms with Gasteiger partial charge in [0.15, 0.2) is 12.6 Å². The molecule has 0 aromatic carbocycles. The molecule has 10 heteroatoms. The van der Waals surface area contributed by atoms with E-state index < -0.39 is 54.8 Å². The number of aliphatic hydroxyl groups is 6. The highest BCUT2D eigenvalue weighted by atomic mass is 16.7. The predicted molar refractivity (Wildman–Crippen MR) is 197 cm³/mol. The average molecular weight is 737 g/mol. The molecular formula is C42H72O10. The topological polar surface area (TPSA) is 158 Å². The molecule has 4 aliphatic carbocycles. The van der Waals surface area contributed by atoms with Crippen molar-refractivity contribution >= 4 is 0 Å². The number of hydrogen-bond donors (Lipinski definition) is 6. The van der Waals surface area contributed by atoms with Crippen LogP contribution >= 0.6 is 0 Å². The molecule has 0 amide bonds. The van der Waals surface area contributed by atoms with Gasteiger partial charge in [0.2, 0.25) is 0 Å². The van der Waals surface area contributed by atoms with Crippen molar-refractivity contribution in [2.75, 3.05) is 13.2 Å². The van der Waals surface area contributed by atoms with Crippen LogP contribution in [0.15, 0.2) is 11.6 Å². The molecule has 6 rings (SSSR count). The molecule has 2 aliphatic heterocycles. The molecule has 52 heavy (non-hydrogen) atoms. The van der Waals surface area contributed by atoms with Crippen molar-refractivity contribution in [2.45, 2.75) is 193 Å². The maximum atomic E-state index is 12.2. The lowest BCUT2D eigenvalue weighted by Gasteiger charge is -2.67. The van der Waals surface area contributed by atoms with Gasteiger partial charge in [-0.2, -0.15) is 0 Å². The standard InChI is InChI=1S/C42H72O10/c1-24(9-14-35(39(4,5)48)52-37-20-26(45)18-28(51-37)23-49-36-19-25(44)17-27(22-43)50-36)29-15-16-40(6)32-12-10-30-31(11-13-33(46)38(30,2)3)42(32,8)34(47)21-41(29,40)7/h10,24-29,31-37,43-48H,9,11-23H2,1-8H3/t24-,25+,26+,27+,28+,29-,31?,32+,33+,34-,35-,36-,37+,40+,41-,42+/m1/s1. The molecule has 16 atom stereocenters. The van der Waals surface area contributed by atoms with Crippen LogP contribution in [0.5, 0.6) is 0 Å². The molecule has 0 spiro atoms. The van der Waals surface area contributed by atoms with E-state index in [1.165, 1.54) is 5.57 Å². The Morgan fingerprint density at radius 3 is 2.17 bits per heavy atom. The lowest BCUT2D eigenvalue weighted by atomic mass is 9.38. The monoisotopic (exact) mass is 737 g/mol. The van der Waals surface area contributed by atoms with Crippen LogP contribution in [0.2, 0.25) is 0 Å². The van der Waals surface area contributed by atoms with Gasteiger partial charge in [0, 0.05) is 36.5 Å². The second kappa shape index (κ2) is 15.0. The maximum absolute atomic E-state index is 12.2. The molecule has 2 saturated heterocycles. The molecule has 10 nitrogen and oxygen atoms in total. The Bertz CT molecular complexity index is 1270. The summed E-state index contributed by atoms with van der Waals surface area (Å²) in [7, 11) is 0. The van der Waals surface area contributed by atoms with E-state index in [1.54, 1.807) is 13.8 Å². The van der Waals surface area contributed by atoms with Gasteiger partial charge < -0.3 is 49.6 Å². The zero-order chi connectivity index (χ0) is 38.0. The summed E-state index contributed by atoms with van der Waals surface area (Å²) in [5.41, 5.74) is -0.203. The lowest BCUT2D eigenvalue weighted by molar-refractivity contribution is -0.279. The molecule has 6 N–H and O–H groups in total. The number of fused-ring (bicyclic) bond motifs is 5. The van der Waals surface area contributed by atoms with Crippen LogP contribution in [0.4, 0.5) is 0 Å². The SMILES string of the molecule is C[C@H](CC[C@@H](O[C@H]1C[C@@H](O)C[C@@H](CO[C@H]2C[C@@H](O)C[C@@H](CO)O2)O1)C(C)(C)O)[C@H]1CC[C@@]2(C)[C@@H]3CC=C4C(CC[C@H](O)C4(C)C)[C@]3(C)[C@H](O)C[C@]12C. The maximum Gasteiger partial charge on any atom is 0.161 e.